The van der Waals surface area contributed by atoms with Gasteiger partial charge in [0.1, 0.15) is 0 Å². The number of sulfone groups is 1. The van der Waals surface area contributed by atoms with Crippen LogP contribution < -0.4 is 14.8 Å². The lowest BCUT2D eigenvalue weighted by atomic mass is 10.2. The minimum Gasteiger partial charge on any atom is -0.493 e. The van der Waals surface area contributed by atoms with Crippen molar-refractivity contribution in [3.63, 3.8) is 0 Å². The molecule has 118 valence electrons. The Balaban J connectivity index is 2.14. The van der Waals surface area contributed by atoms with Crippen LogP contribution >= 0.6 is 0 Å². The number of pyridine rings is 1. The van der Waals surface area contributed by atoms with Crippen LogP contribution in [0.3, 0.4) is 0 Å². The van der Waals surface area contributed by atoms with Gasteiger partial charge in [-0.25, -0.2) is 13.4 Å². The van der Waals surface area contributed by atoms with Gasteiger partial charge in [-0.05, 0) is 18.2 Å². The number of benzene rings is 1. The summed E-state index contributed by atoms with van der Waals surface area (Å²) in [5, 5.41) is 3.23. The molecule has 0 aliphatic heterocycles. The van der Waals surface area contributed by atoms with Gasteiger partial charge < -0.3 is 14.8 Å². The van der Waals surface area contributed by atoms with E-state index < -0.39 is 9.84 Å². The van der Waals surface area contributed by atoms with Crippen molar-refractivity contribution >= 4 is 15.5 Å². The summed E-state index contributed by atoms with van der Waals surface area (Å²) in [4.78, 5) is 3.93. The van der Waals surface area contributed by atoms with Crippen LogP contribution in [-0.4, -0.2) is 33.9 Å². The van der Waals surface area contributed by atoms with Crippen molar-refractivity contribution in [2.24, 2.45) is 0 Å². The number of rotatable bonds is 6. The molecule has 2 aromatic rings. The van der Waals surface area contributed by atoms with Crippen LogP contribution in [0.2, 0.25) is 0 Å². The zero-order chi connectivity index (χ0) is 16.2. The van der Waals surface area contributed by atoms with E-state index in [1.165, 1.54) is 12.3 Å². The van der Waals surface area contributed by atoms with Crippen LogP contribution in [0, 0.1) is 0 Å². The van der Waals surface area contributed by atoms with Gasteiger partial charge in [0, 0.05) is 18.4 Å². The van der Waals surface area contributed by atoms with Gasteiger partial charge in [0.05, 0.1) is 26.1 Å². The molecule has 2 rings (SSSR count). The van der Waals surface area contributed by atoms with Crippen molar-refractivity contribution < 1.29 is 17.9 Å². The summed E-state index contributed by atoms with van der Waals surface area (Å²) >= 11 is 0. The molecule has 6 nitrogen and oxygen atoms in total. The predicted octanol–water partition coefficient (Wildman–Crippen LogP) is 2.11. The normalized spacial score (nSPS) is 11.0. The minimum absolute atomic E-state index is 0.0528. The van der Waals surface area contributed by atoms with Crippen molar-refractivity contribution in [3.8, 4) is 11.5 Å². The van der Waals surface area contributed by atoms with E-state index in [1.807, 2.05) is 18.2 Å². The van der Waals surface area contributed by atoms with E-state index in [2.05, 4.69) is 10.3 Å². The highest BCUT2D eigenvalue weighted by molar-refractivity contribution is 7.90. The lowest BCUT2D eigenvalue weighted by molar-refractivity contribution is 0.352. The molecule has 0 bridgehead atoms. The summed E-state index contributed by atoms with van der Waals surface area (Å²) in [6.07, 6.45) is 2.62. The first-order valence-corrected chi connectivity index (χ1v) is 8.44. The zero-order valence-electron chi connectivity index (χ0n) is 12.7. The fourth-order valence-electron chi connectivity index (χ4n) is 1.99. The quantitative estimate of drug-likeness (QED) is 0.878. The van der Waals surface area contributed by atoms with Gasteiger partial charge in [0.25, 0.3) is 0 Å². The highest BCUT2D eigenvalue weighted by Crippen LogP contribution is 2.31. The molecule has 1 N–H and O–H groups in total. The maximum absolute atomic E-state index is 11.4. The first kappa shape index (κ1) is 16.1. The number of aromatic nitrogens is 1. The first-order valence-electron chi connectivity index (χ1n) is 6.55. The Morgan fingerprint density at radius 2 is 1.91 bits per heavy atom. The number of nitrogens with one attached hydrogen (secondary N) is 1. The third-order valence-corrected chi connectivity index (χ3v) is 4.08. The van der Waals surface area contributed by atoms with Crippen molar-refractivity contribution in [1.82, 2.24) is 4.98 Å². The largest absolute Gasteiger partial charge is 0.493 e. The van der Waals surface area contributed by atoms with Gasteiger partial charge in [0.15, 0.2) is 26.4 Å². The molecule has 0 spiro atoms. The van der Waals surface area contributed by atoms with E-state index in [0.717, 1.165) is 17.5 Å². The van der Waals surface area contributed by atoms with Gasteiger partial charge >= 0.3 is 0 Å². The molecule has 0 aliphatic carbocycles. The topological polar surface area (TPSA) is 77.5 Å². The fraction of sp³-hybridized carbons (Fsp3) is 0.267. The molecular formula is C15H18N2O4S. The summed E-state index contributed by atoms with van der Waals surface area (Å²) in [5.74, 6) is 1.32. The molecule has 0 atom stereocenters. The van der Waals surface area contributed by atoms with E-state index in [4.69, 9.17) is 9.47 Å². The lowest BCUT2D eigenvalue weighted by Crippen LogP contribution is -2.05. The summed E-state index contributed by atoms with van der Waals surface area (Å²) in [7, 11) is -0.108. The van der Waals surface area contributed by atoms with E-state index >= 15 is 0 Å². The van der Waals surface area contributed by atoms with Gasteiger partial charge in [-0.1, -0.05) is 12.1 Å². The maximum atomic E-state index is 11.4. The van der Waals surface area contributed by atoms with Crippen LogP contribution in [0.1, 0.15) is 5.56 Å². The second kappa shape index (κ2) is 6.65. The minimum atomic E-state index is -3.28. The summed E-state index contributed by atoms with van der Waals surface area (Å²) in [6, 6.07) is 8.78. The molecule has 0 unspecified atom stereocenters. The monoisotopic (exact) mass is 322 g/mol. The Labute approximate surface area is 130 Å². The number of nitrogens with zero attached hydrogens (tertiary/aromatic N) is 1. The Bertz CT molecular complexity index is 743. The molecule has 7 heteroatoms. The van der Waals surface area contributed by atoms with Crippen LogP contribution in [0.4, 0.5) is 5.69 Å². The second-order valence-corrected chi connectivity index (χ2v) is 6.63. The van der Waals surface area contributed by atoms with E-state index in [9.17, 15) is 8.42 Å². The fourth-order valence-corrected chi connectivity index (χ4v) is 2.55. The Hall–Kier alpha value is -2.28. The van der Waals surface area contributed by atoms with E-state index in [-0.39, 0.29) is 5.03 Å². The van der Waals surface area contributed by atoms with Crippen molar-refractivity contribution in [3.05, 3.63) is 42.1 Å². The van der Waals surface area contributed by atoms with Crippen LogP contribution in [0.5, 0.6) is 11.5 Å². The molecule has 0 fully saturated rings. The number of para-hydroxylation sites is 1. The van der Waals surface area contributed by atoms with Crippen molar-refractivity contribution in [2.45, 2.75) is 11.6 Å². The van der Waals surface area contributed by atoms with E-state index in [0.29, 0.717) is 18.0 Å². The van der Waals surface area contributed by atoms with E-state index in [1.54, 1.807) is 20.3 Å². The van der Waals surface area contributed by atoms with Gasteiger partial charge in [0.2, 0.25) is 0 Å². The predicted molar refractivity (Wildman–Crippen MR) is 84.2 cm³/mol. The van der Waals surface area contributed by atoms with Crippen LogP contribution in [0.25, 0.3) is 0 Å². The highest BCUT2D eigenvalue weighted by atomic mass is 32.2. The van der Waals surface area contributed by atoms with Crippen LogP contribution in [-0.2, 0) is 16.4 Å². The first-order chi connectivity index (χ1) is 10.5. The third kappa shape index (κ3) is 3.67. The Kier molecular flexibility index (Phi) is 4.87. The molecule has 0 saturated heterocycles. The molecule has 0 saturated carbocycles. The summed E-state index contributed by atoms with van der Waals surface area (Å²) in [6.45, 7) is 0.500. The molecule has 22 heavy (non-hydrogen) atoms. The molecule has 1 aromatic heterocycles. The number of anilines is 1. The lowest BCUT2D eigenvalue weighted by Gasteiger charge is -2.13. The Morgan fingerprint density at radius 3 is 2.45 bits per heavy atom. The van der Waals surface area contributed by atoms with Gasteiger partial charge in [-0.15, -0.1) is 0 Å². The molecular weight excluding hydrogens is 304 g/mol. The third-order valence-electron chi connectivity index (χ3n) is 3.08. The summed E-state index contributed by atoms with van der Waals surface area (Å²) < 4.78 is 33.3. The average Bonchev–Trinajstić information content (AvgIpc) is 2.51. The number of hydrogen-bond donors (Lipinski definition) is 1. The van der Waals surface area contributed by atoms with Crippen molar-refractivity contribution in [2.75, 3.05) is 25.8 Å². The van der Waals surface area contributed by atoms with Crippen LogP contribution in [0.15, 0.2) is 41.6 Å². The SMILES string of the molecule is COc1cccc(CNc2ccc(S(C)(=O)=O)nc2)c1OC. The number of hydrogen-bond acceptors (Lipinski definition) is 6. The average molecular weight is 322 g/mol. The van der Waals surface area contributed by atoms with Crippen molar-refractivity contribution in [1.29, 1.82) is 0 Å². The molecule has 0 radical (unpaired) electrons. The molecule has 0 aliphatic rings. The van der Waals surface area contributed by atoms with Gasteiger partial charge in [-0.2, -0.15) is 0 Å². The Morgan fingerprint density at radius 1 is 1.14 bits per heavy atom. The highest BCUT2D eigenvalue weighted by Gasteiger charge is 2.10. The standard InChI is InChI=1S/C15H18N2O4S/c1-20-13-6-4-5-11(15(13)21-2)9-16-12-7-8-14(17-10-12)22(3,18)19/h4-8,10,16H,9H2,1-3H3. The van der Waals surface area contributed by atoms with Gasteiger partial charge in [-0.3, -0.25) is 0 Å². The molecule has 0 amide bonds. The number of methoxy groups -OCH3 is 2. The second-order valence-electron chi connectivity index (χ2n) is 4.66. The maximum Gasteiger partial charge on any atom is 0.192 e. The zero-order valence-corrected chi connectivity index (χ0v) is 13.5. The number of ether oxygens (including phenoxy) is 2. The summed E-state index contributed by atoms with van der Waals surface area (Å²) in [5.41, 5.74) is 1.64. The smallest absolute Gasteiger partial charge is 0.192 e. The molecule has 1 heterocycles. The molecule has 1 aromatic carbocycles.